The second-order valence-corrected chi connectivity index (χ2v) is 10.5. The van der Waals surface area contributed by atoms with Crippen LogP contribution in [-0.4, -0.2) is 72.9 Å². The molecule has 1 saturated heterocycles. The molecule has 2 aliphatic rings. The van der Waals surface area contributed by atoms with Crippen molar-refractivity contribution in [2.45, 2.75) is 64.3 Å². The van der Waals surface area contributed by atoms with Crippen molar-refractivity contribution in [3.05, 3.63) is 53.6 Å². The Labute approximate surface area is 231 Å². The Kier molecular flexibility index (Phi) is 10.1. The zero-order valence-electron chi connectivity index (χ0n) is 23.4. The number of methoxy groups -OCH3 is 1. The molecule has 3 atom stereocenters. The van der Waals surface area contributed by atoms with Gasteiger partial charge in [-0.1, -0.05) is 51.0 Å². The van der Waals surface area contributed by atoms with Gasteiger partial charge in [0.2, 0.25) is 12.7 Å². The maximum absolute atomic E-state index is 13.6. The zero-order chi connectivity index (χ0) is 27.8. The fourth-order valence-corrected chi connectivity index (χ4v) is 5.88. The molecule has 8 nitrogen and oxygen atoms in total. The zero-order valence-corrected chi connectivity index (χ0v) is 23.4. The number of amides is 1. The molecule has 2 aliphatic heterocycles. The number of nitrogens with zero attached hydrogens (tertiary/aromatic N) is 2. The summed E-state index contributed by atoms with van der Waals surface area (Å²) in [5.41, 5.74) is 1.94. The Morgan fingerprint density at radius 1 is 1.05 bits per heavy atom. The number of carboxylic acid groups (broad SMARTS) is 1. The lowest BCUT2D eigenvalue weighted by molar-refractivity contribution is -0.143. The van der Waals surface area contributed by atoms with Gasteiger partial charge in [-0.05, 0) is 55.0 Å². The van der Waals surface area contributed by atoms with Crippen molar-refractivity contribution in [2.24, 2.45) is 5.92 Å². The number of hydrogen-bond acceptors (Lipinski definition) is 6. The third kappa shape index (κ3) is 6.85. The third-order valence-electron chi connectivity index (χ3n) is 8.01. The largest absolute Gasteiger partial charge is 0.496 e. The minimum atomic E-state index is -0.841. The van der Waals surface area contributed by atoms with E-state index in [-0.39, 0.29) is 31.2 Å². The molecule has 2 aromatic carbocycles. The van der Waals surface area contributed by atoms with Crippen LogP contribution >= 0.6 is 0 Å². The third-order valence-corrected chi connectivity index (χ3v) is 8.01. The fourth-order valence-electron chi connectivity index (χ4n) is 5.88. The van der Waals surface area contributed by atoms with Crippen LogP contribution in [0.3, 0.4) is 0 Å². The first-order valence-electron chi connectivity index (χ1n) is 14.2. The van der Waals surface area contributed by atoms with Crippen LogP contribution in [-0.2, 0) is 16.0 Å². The molecule has 212 valence electrons. The number of fused-ring (bicyclic) bond motifs is 1. The first kappa shape index (κ1) is 28.7. The molecular formula is C31H42N2O6. The fraction of sp³-hybridized carbons (Fsp3) is 0.548. The Hall–Kier alpha value is -3.26. The van der Waals surface area contributed by atoms with Crippen LogP contribution in [0.15, 0.2) is 42.5 Å². The number of aliphatic carboxylic acids is 1. The summed E-state index contributed by atoms with van der Waals surface area (Å²) in [4.78, 5) is 30.5. The maximum Gasteiger partial charge on any atom is 0.308 e. The molecule has 2 aromatic rings. The van der Waals surface area contributed by atoms with Gasteiger partial charge in [0, 0.05) is 31.6 Å². The molecule has 39 heavy (non-hydrogen) atoms. The van der Waals surface area contributed by atoms with Gasteiger partial charge < -0.3 is 24.2 Å². The number of ether oxygens (including phenoxy) is 3. The van der Waals surface area contributed by atoms with E-state index in [1.54, 1.807) is 7.11 Å². The van der Waals surface area contributed by atoms with E-state index in [1.165, 1.54) is 0 Å². The second-order valence-electron chi connectivity index (χ2n) is 10.5. The summed E-state index contributed by atoms with van der Waals surface area (Å²) in [6.07, 6.45) is 5.24. The monoisotopic (exact) mass is 538 g/mol. The van der Waals surface area contributed by atoms with Crippen molar-refractivity contribution in [1.29, 1.82) is 0 Å². The predicted octanol–water partition coefficient (Wildman–Crippen LogP) is 4.95. The van der Waals surface area contributed by atoms with E-state index in [9.17, 15) is 14.7 Å². The van der Waals surface area contributed by atoms with Gasteiger partial charge in [0.05, 0.1) is 19.6 Å². The summed E-state index contributed by atoms with van der Waals surface area (Å²) >= 11 is 0. The lowest BCUT2D eigenvalue weighted by Gasteiger charge is -2.30. The molecule has 2 heterocycles. The van der Waals surface area contributed by atoms with E-state index < -0.39 is 11.9 Å². The van der Waals surface area contributed by atoms with Crippen molar-refractivity contribution in [1.82, 2.24) is 9.80 Å². The average molecular weight is 539 g/mol. The molecule has 1 N–H and O–H groups in total. The Morgan fingerprint density at radius 3 is 2.46 bits per heavy atom. The standard InChI is InChI=1S/C31H42N2O6/c1-4-6-16-32(17-7-5-2)29(34)20-33-19-24(23-13-15-27-28(18-23)39-21-38-27)30(31(35)36)25(33)14-12-22-10-8-9-11-26(22)37-3/h8-11,13,15,18,24-25,30H,4-7,12,14,16-17,19-21H2,1-3H3,(H,35,36). The quantitative estimate of drug-likeness (QED) is 0.364. The molecule has 1 fully saturated rings. The summed E-state index contributed by atoms with van der Waals surface area (Å²) in [5, 5.41) is 10.5. The number of unbranched alkanes of at least 4 members (excludes halogenated alkanes) is 2. The molecule has 0 spiro atoms. The van der Waals surface area contributed by atoms with Crippen LogP contribution in [0.2, 0.25) is 0 Å². The summed E-state index contributed by atoms with van der Waals surface area (Å²) in [6.45, 7) is 6.61. The molecule has 0 bridgehead atoms. The minimum Gasteiger partial charge on any atom is -0.496 e. The molecule has 0 radical (unpaired) electrons. The molecular weight excluding hydrogens is 496 g/mol. The Morgan fingerprint density at radius 2 is 1.77 bits per heavy atom. The highest BCUT2D eigenvalue weighted by atomic mass is 16.7. The van der Waals surface area contributed by atoms with Gasteiger partial charge in [0.15, 0.2) is 11.5 Å². The van der Waals surface area contributed by atoms with Gasteiger partial charge in [-0.25, -0.2) is 0 Å². The summed E-state index contributed by atoms with van der Waals surface area (Å²) in [7, 11) is 1.65. The number of carbonyl (C=O) groups excluding carboxylic acids is 1. The van der Waals surface area contributed by atoms with Gasteiger partial charge >= 0.3 is 5.97 Å². The number of para-hydroxylation sites is 1. The van der Waals surface area contributed by atoms with E-state index in [0.717, 1.165) is 55.6 Å². The number of carbonyl (C=O) groups is 2. The molecule has 0 aromatic heterocycles. The number of rotatable bonds is 14. The summed E-state index contributed by atoms with van der Waals surface area (Å²) in [5.74, 6) is 0.413. The number of likely N-dealkylation sites (tertiary alicyclic amines) is 1. The van der Waals surface area contributed by atoms with Gasteiger partial charge in [0.1, 0.15) is 5.75 Å². The number of benzene rings is 2. The van der Waals surface area contributed by atoms with Crippen molar-refractivity contribution < 1.29 is 28.9 Å². The Bertz CT molecular complexity index is 1110. The molecule has 1 amide bonds. The predicted molar refractivity (Wildman–Crippen MR) is 150 cm³/mol. The molecule has 0 aliphatic carbocycles. The van der Waals surface area contributed by atoms with Crippen molar-refractivity contribution in [3.63, 3.8) is 0 Å². The lowest BCUT2D eigenvalue weighted by atomic mass is 9.83. The summed E-state index contributed by atoms with van der Waals surface area (Å²) < 4.78 is 16.6. The minimum absolute atomic E-state index is 0.0784. The first-order valence-corrected chi connectivity index (χ1v) is 14.2. The van der Waals surface area contributed by atoms with E-state index in [1.807, 2.05) is 47.4 Å². The number of hydrogen-bond donors (Lipinski definition) is 1. The first-order chi connectivity index (χ1) is 19.0. The summed E-state index contributed by atoms with van der Waals surface area (Å²) in [6, 6.07) is 13.2. The molecule has 3 unspecified atom stereocenters. The van der Waals surface area contributed by atoms with Gasteiger partial charge in [-0.2, -0.15) is 0 Å². The number of aryl methyl sites for hydroxylation is 1. The van der Waals surface area contributed by atoms with Crippen LogP contribution in [0.5, 0.6) is 17.2 Å². The van der Waals surface area contributed by atoms with E-state index in [4.69, 9.17) is 14.2 Å². The second kappa shape index (κ2) is 13.7. The SMILES string of the molecule is CCCCN(CCCC)C(=O)CN1CC(c2ccc3c(c2)OCO3)C(C(=O)O)C1CCc1ccccc1OC. The molecule has 0 saturated carbocycles. The highest BCUT2D eigenvalue weighted by Crippen LogP contribution is 2.43. The molecule has 4 rings (SSSR count). The van der Waals surface area contributed by atoms with Crippen molar-refractivity contribution >= 4 is 11.9 Å². The van der Waals surface area contributed by atoms with Gasteiger partial charge in [0.25, 0.3) is 0 Å². The smallest absolute Gasteiger partial charge is 0.308 e. The van der Waals surface area contributed by atoms with Gasteiger partial charge in [-0.3, -0.25) is 14.5 Å². The highest BCUT2D eigenvalue weighted by Gasteiger charge is 2.47. The van der Waals surface area contributed by atoms with Crippen LogP contribution in [0, 0.1) is 5.92 Å². The highest BCUT2D eigenvalue weighted by molar-refractivity contribution is 5.79. The van der Waals surface area contributed by atoms with E-state index in [2.05, 4.69) is 18.7 Å². The van der Waals surface area contributed by atoms with Gasteiger partial charge in [-0.15, -0.1) is 0 Å². The Balaban J connectivity index is 1.61. The van der Waals surface area contributed by atoms with E-state index >= 15 is 0 Å². The average Bonchev–Trinajstić information content (AvgIpc) is 3.56. The van der Waals surface area contributed by atoms with Crippen LogP contribution < -0.4 is 14.2 Å². The topological polar surface area (TPSA) is 88.5 Å². The van der Waals surface area contributed by atoms with Crippen LogP contribution in [0.25, 0.3) is 0 Å². The lowest BCUT2D eigenvalue weighted by Crippen LogP contribution is -2.44. The van der Waals surface area contributed by atoms with Crippen LogP contribution in [0.4, 0.5) is 0 Å². The van der Waals surface area contributed by atoms with Crippen molar-refractivity contribution in [3.8, 4) is 17.2 Å². The maximum atomic E-state index is 13.6. The number of carboxylic acids is 1. The van der Waals surface area contributed by atoms with E-state index in [0.29, 0.717) is 30.9 Å². The molecule has 8 heteroatoms. The normalized spacial score (nSPS) is 20.2. The van der Waals surface area contributed by atoms with Crippen LogP contribution in [0.1, 0.15) is 63.0 Å². The van der Waals surface area contributed by atoms with Crippen molar-refractivity contribution in [2.75, 3.05) is 40.1 Å².